The predicted molar refractivity (Wildman–Crippen MR) is 25.3 cm³/mol. The van der Waals surface area contributed by atoms with Crippen molar-refractivity contribution in [1.82, 2.24) is 10.8 Å². The largest absolute Gasteiger partial charge is 0.491 e. The van der Waals surface area contributed by atoms with E-state index in [0.717, 1.165) is 6.21 Å². The molecule has 6 heteroatoms. The molecule has 1 aliphatic rings. The van der Waals surface area contributed by atoms with E-state index in [-0.39, 0.29) is 5.90 Å². The van der Waals surface area contributed by atoms with Crippen LogP contribution in [0.2, 0.25) is 0 Å². The molecule has 0 saturated heterocycles. The first kappa shape index (κ1) is 4.85. The van der Waals surface area contributed by atoms with Gasteiger partial charge in [0, 0.05) is 0 Å². The molecular formula is C2H4N4O2. The second-order valence-electron chi connectivity index (χ2n) is 1.10. The van der Waals surface area contributed by atoms with Gasteiger partial charge in [-0.3, -0.25) is 5.21 Å². The summed E-state index contributed by atoms with van der Waals surface area (Å²) in [6.45, 7) is 0. The second kappa shape index (κ2) is 1.66. The molecule has 0 bridgehead atoms. The molecule has 0 unspecified atom stereocenters. The van der Waals surface area contributed by atoms with Crippen LogP contribution < -0.4 is 5.53 Å². The molecule has 0 atom stereocenters. The van der Waals surface area contributed by atoms with Crippen molar-refractivity contribution >= 4 is 12.1 Å². The van der Waals surface area contributed by atoms with Gasteiger partial charge in [0.15, 0.2) is 0 Å². The number of nitrogens with one attached hydrogen (secondary N) is 1. The Hall–Kier alpha value is -1.30. The number of nitrogens with zero attached hydrogens (tertiary/aromatic N) is 3. The maximum atomic E-state index is 8.43. The maximum absolute atomic E-state index is 8.43. The standard InChI is InChI=1S/C2H4N4O2/c7-2-1-3-6(8)5-4-2/h1,5,8H,(H,4,7). The smallest absolute Gasteiger partial charge is 0.250 e. The highest BCUT2D eigenvalue weighted by Crippen LogP contribution is 1.80. The van der Waals surface area contributed by atoms with Crippen LogP contribution in [0.25, 0.3) is 0 Å². The lowest BCUT2D eigenvalue weighted by Gasteiger charge is -2.10. The Morgan fingerprint density at radius 2 is 2.50 bits per heavy atom. The number of hydrazine groups is 1. The lowest BCUT2D eigenvalue weighted by atomic mass is 10.7. The molecule has 1 heterocycles. The number of aliphatic hydroxyl groups excluding tert-OH is 1. The Morgan fingerprint density at radius 1 is 1.75 bits per heavy atom. The van der Waals surface area contributed by atoms with Gasteiger partial charge in [-0.15, -0.1) is 10.2 Å². The lowest BCUT2D eigenvalue weighted by molar-refractivity contribution is -0.137. The Balaban J connectivity index is 2.58. The molecule has 8 heavy (non-hydrogen) atoms. The first-order chi connectivity index (χ1) is 3.79. The van der Waals surface area contributed by atoms with Crippen molar-refractivity contribution in [2.24, 2.45) is 10.2 Å². The summed E-state index contributed by atoms with van der Waals surface area (Å²) in [6.07, 6.45) is 0.997. The molecule has 0 fully saturated rings. The van der Waals surface area contributed by atoms with E-state index in [1.54, 1.807) is 0 Å². The van der Waals surface area contributed by atoms with Crippen LogP contribution in [0.1, 0.15) is 0 Å². The molecule has 44 valence electrons. The van der Waals surface area contributed by atoms with Crippen molar-refractivity contribution in [1.29, 1.82) is 0 Å². The van der Waals surface area contributed by atoms with Gasteiger partial charge in [0.25, 0.3) is 5.90 Å². The number of hydrogen-bond donors (Lipinski definition) is 3. The molecule has 3 N–H and O–H groups in total. The highest BCUT2D eigenvalue weighted by Gasteiger charge is 1.98. The third-order valence-corrected chi connectivity index (χ3v) is 0.537. The fourth-order valence-corrected chi connectivity index (χ4v) is 0.257. The first-order valence-corrected chi connectivity index (χ1v) is 1.84. The molecule has 0 spiro atoms. The van der Waals surface area contributed by atoms with Gasteiger partial charge < -0.3 is 5.11 Å². The van der Waals surface area contributed by atoms with E-state index in [1.165, 1.54) is 0 Å². The van der Waals surface area contributed by atoms with Gasteiger partial charge in [-0.1, -0.05) is 5.28 Å². The highest BCUT2D eigenvalue weighted by molar-refractivity contribution is 6.25. The Bertz CT molecular complexity index is 141. The van der Waals surface area contributed by atoms with Crippen LogP contribution in [0.4, 0.5) is 0 Å². The molecule has 1 rings (SSSR count). The van der Waals surface area contributed by atoms with E-state index < -0.39 is 0 Å². The van der Waals surface area contributed by atoms with Gasteiger partial charge in [-0.05, 0) is 0 Å². The zero-order valence-electron chi connectivity index (χ0n) is 3.81. The van der Waals surface area contributed by atoms with E-state index in [9.17, 15) is 0 Å². The maximum Gasteiger partial charge on any atom is 0.250 e. The van der Waals surface area contributed by atoms with Crippen LogP contribution >= 0.6 is 0 Å². The number of rotatable bonds is 0. The van der Waals surface area contributed by atoms with Crippen LogP contribution in [0.15, 0.2) is 10.2 Å². The minimum absolute atomic E-state index is 0.268. The van der Waals surface area contributed by atoms with Gasteiger partial charge >= 0.3 is 0 Å². The highest BCUT2D eigenvalue weighted by atomic mass is 16.6. The normalized spacial score (nSPS) is 17.6. The quantitative estimate of drug-likeness (QED) is 0.381. The number of aliphatic hydroxyl groups is 1. The van der Waals surface area contributed by atoms with Gasteiger partial charge in [-0.25, -0.2) is 0 Å². The molecule has 0 aromatic heterocycles. The fourth-order valence-electron chi connectivity index (χ4n) is 0.257. The summed E-state index contributed by atoms with van der Waals surface area (Å²) in [7, 11) is 0. The van der Waals surface area contributed by atoms with Crippen molar-refractivity contribution in [2.45, 2.75) is 0 Å². The van der Waals surface area contributed by atoms with E-state index in [2.05, 4.69) is 10.2 Å². The minimum atomic E-state index is -0.268. The molecule has 0 saturated carbocycles. The second-order valence-corrected chi connectivity index (χ2v) is 1.10. The topological polar surface area (TPSA) is 80.5 Å². The molecule has 0 radical (unpaired) electrons. The summed E-state index contributed by atoms with van der Waals surface area (Å²) in [4.78, 5) is 0. The minimum Gasteiger partial charge on any atom is -0.491 e. The third kappa shape index (κ3) is 0.850. The van der Waals surface area contributed by atoms with Gasteiger partial charge in [0.05, 0.1) is 0 Å². The zero-order valence-corrected chi connectivity index (χ0v) is 3.81. The molecule has 1 aliphatic heterocycles. The van der Waals surface area contributed by atoms with Crippen LogP contribution in [0.5, 0.6) is 0 Å². The van der Waals surface area contributed by atoms with Crippen molar-refractivity contribution < 1.29 is 10.3 Å². The van der Waals surface area contributed by atoms with Crippen LogP contribution in [0.3, 0.4) is 0 Å². The number of hydrogen-bond acceptors (Lipinski definition) is 5. The van der Waals surface area contributed by atoms with Gasteiger partial charge in [0.1, 0.15) is 6.21 Å². The lowest BCUT2D eigenvalue weighted by Crippen LogP contribution is -2.31. The Morgan fingerprint density at radius 3 is 2.88 bits per heavy atom. The molecule has 0 aromatic carbocycles. The van der Waals surface area contributed by atoms with Crippen molar-refractivity contribution in [3.8, 4) is 0 Å². The summed E-state index contributed by atoms with van der Waals surface area (Å²) in [5, 5.41) is 23.5. The first-order valence-electron chi connectivity index (χ1n) is 1.84. The predicted octanol–water partition coefficient (Wildman–Crippen LogP) is -0.947. The van der Waals surface area contributed by atoms with Crippen molar-refractivity contribution in [3.63, 3.8) is 0 Å². The SMILES string of the molecule is OC1=NNN(O)N=C1. The zero-order chi connectivity index (χ0) is 5.98. The summed E-state index contributed by atoms with van der Waals surface area (Å²) >= 11 is 0. The van der Waals surface area contributed by atoms with Crippen LogP contribution in [-0.4, -0.2) is 27.7 Å². The number of hydrazone groups is 2. The fraction of sp³-hybridized carbons (Fsp3) is 0. The molecular weight excluding hydrogens is 112 g/mol. The van der Waals surface area contributed by atoms with Crippen molar-refractivity contribution in [2.75, 3.05) is 0 Å². The van der Waals surface area contributed by atoms with E-state index in [1.807, 2.05) is 5.53 Å². The van der Waals surface area contributed by atoms with Crippen LogP contribution in [-0.2, 0) is 0 Å². The van der Waals surface area contributed by atoms with Crippen molar-refractivity contribution in [3.05, 3.63) is 0 Å². The average molecular weight is 116 g/mol. The van der Waals surface area contributed by atoms with Gasteiger partial charge in [0.2, 0.25) is 0 Å². The van der Waals surface area contributed by atoms with E-state index in [4.69, 9.17) is 10.3 Å². The van der Waals surface area contributed by atoms with E-state index in [0.29, 0.717) is 5.28 Å². The third-order valence-electron chi connectivity index (χ3n) is 0.537. The van der Waals surface area contributed by atoms with E-state index >= 15 is 0 Å². The average Bonchev–Trinajstić information content (AvgIpc) is 1.77. The Labute approximate surface area is 44.7 Å². The molecule has 0 aliphatic carbocycles. The summed E-state index contributed by atoms with van der Waals surface area (Å²) in [5.41, 5.74) is 1.96. The molecule has 6 nitrogen and oxygen atoms in total. The summed E-state index contributed by atoms with van der Waals surface area (Å²) in [5.74, 6) is -0.268. The summed E-state index contributed by atoms with van der Waals surface area (Å²) < 4.78 is 0. The monoisotopic (exact) mass is 116 g/mol. The summed E-state index contributed by atoms with van der Waals surface area (Å²) in [6, 6.07) is 0. The Kier molecular flexibility index (Phi) is 1.01. The van der Waals surface area contributed by atoms with Crippen LogP contribution in [0, 0.1) is 0 Å². The molecule has 0 aromatic rings. The molecule has 0 amide bonds. The van der Waals surface area contributed by atoms with Gasteiger partial charge in [-0.2, -0.15) is 5.53 Å².